The Kier molecular flexibility index (Phi) is 4.78. The molecule has 0 N–H and O–H groups in total. The van der Waals surface area contributed by atoms with Crippen LogP contribution in [0.25, 0.3) is 0 Å². The topological polar surface area (TPSA) is 47.2 Å². The van der Waals surface area contributed by atoms with E-state index in [9.17, 15) is 9.18 Å². The van der Waals surface area contributed by atoms with Gasteiger partial charge in [-0.2, -0.15) is 4.99 Å². The zero-order chi connectivity index (χ0) is 16.2. The van der Waals surface area contributed by atoms with Crippen molar-refractivity contribution in [2.75, 3.05) is 0 Å². The fourth-order valence-electron chi connectivity index (χ4n) is 2.11. The molecule has 0 saturated heterocycles. The van der Waals surface area contributed by atoms with Gasteiger partial charge < -0.3 is 4.57 Å². The molecule has 1 amide bonds. The standard InChI is InChI=1S/C16H14FN3OS2/c1-11-18-13(10-23-11)8-15(21)19-16-20(6-7-22-16)9-12-4-2-3-5-14(12)17/h2-7,10H,8-9H2,1H3. The minimum absolute atomic E-state index is 0.182. The van der Waals surface area contributed by atoms with Gasteiger partial charge >= 0.3 is 0 Å². The molecule has 118 valence electrons. The minimum atomic E-state index is -0.263. The summed E-state index contributed by atoms with van der Waals surface area (Å²) < 4.78 is 15.5. The molecule has 23 heavy (non-hydrogen) atoms. The van der Waals surface area contributed by atoms with Crippen LogP contribution >= 0.6 is 22.7 Å². The zero-order valence-electron chi connectivity index (χ0n) is 12.4. The molecule has 0 saturated carbocycles. The number of thiazole rings is 2. The second kappa shape index (κ2) is 6.97. The van der Waals surface area contributed by atoms with Gasteiger partial charge in [0, 0.05) is 22.5 Å². The molecule has 0 aliphatic rings. The number of halogens is 1. The summed E-state index contributed by atoms with van der Waals surface area (Å²) in [4.78, 5) is 21.0. The molecule has 3 rings (SSSR count). The van der Waals surface area contributed by atoms with Gasteiger partial charge in [-0.3, -0.25) is 4.79 Å². The number of nitrogens with zero attached hydrogens (tertiary/aromatic N) is 3. The third-order valence-electron chi connectivity index (χ3n) is 3.18. The van der Waals surface area contributed by atoms with E-state index in [0.717, 1.165) is 10.7 Å². The Morgan fingerprint density at radius 1 is 1.35 bits per heavy atom. The maximum absolute atomic E-state index is 13.8. The highest BCUT2D eigenvalue weighted by Crippen LogP contribution is 2.10. The van der Waals surface area contributed by atoms with Gasteiger partial charge in [0.25, 0.3) is 5.91 Å². The number of aryl methyl sites for hydroxylation is 1. The number of hydrogen-bond donors (Lipinski definition) is 0. The van der Waals surface area contributed by atoms with Crippen molar-refractivity contribution in [3.63, 3.8) is 0 Å². The highest BCUT2D eigenvalue weighted by atomic mass is 32.1. The number of carbonyl (C=O) groups excluding carboxylic acids is 1. The molecular formula is C16H14FN3OS2. The van der Waals surface area contributed by atoms with Gasteiger partial charge in [0.05, 0.1) is 23.7 Å². The SMILES string of the molecule is Cc1nc(CC(=O)N=c2sccn2Cc2ccccc2F)cs1. The molecule has 0 bridgehead atoms. The van der Waals surface area contributed by atoms with Crippen LogP contribution in [-0.2, 0) is 17.8 Å². The Morgan fingerprint density at radius 3 is 2.91 bits per heavy atom. The van der Waals surface area contributed by atoms with E-state index in [1.54, 1.807) is 29.0 Å². The molecule has 0 atom stereocenters. The van der Waals surface area contributed by atoms with Gasteiger partial charge in [-0.05, 0) is 13.0 Å². The van der Waals surface area contributed by atoms with Crippen LogP contribution < -0.4 is 4.80 Å². The smallest absolute Gasteiger partial charge is 0.254 e. The van der Waals surface area contributed by atoms with Gasteiger partial charge in [0.1, 0.15) is 5.82 Å². The van der Waals surface area contributed by atoms with E-state index in [2.05, 4.69) is 9.98 Å². The summed E-state index contributed by atoms with van der Waals surface area (Å²) in [5.41, 5.74) is 1.30. The van der Waals surface area contributed by atoms with E-state index < -0.39 is 0 Å². The molecular weight excluding hydrogens is 333 g/mol. The molecule has 0 fully saturated rings. The summed E-state index contributed by atoms with van der Waals surface area (Å²) in [5, 5.41) is 4.63. The summed E-state index contributed by atoms with van der Waals surface area (Å²) in [7, 11) is 0. The van der Waals surface area contributed by atoms with E-state index in [4.69, 9.17) is 0 Å². The number of amides is 1. The van der Waals surface area contributed by atoms with Gasteiger partial charge in [-0.15, -0.1) is 22.7 Å². The Balaban J connectivity index is 1.80. The van der Waals surface area contributed by atoms with Crippen molar-refractivity contribution in [2.24, 2.45) is 4.99 Å². The number of aromatic nitrogens is 2. The average Bonchev–Trinajstić information content (AvgIpc) is 3.11. The zero-order valence-corrected chi connectivity index (χ0v) is 14.0. The van der Waals surface area contributed by atoms with E-state index in [1.807, 2.05) is 17.7 Å². The van der Waals surface area contributed by atoms with Crippen LogP contribution in [0.3, 0.4) is 0 Å². The Hall–Kier alpha value is -2.12. The first-order valence-corrected chi connectivity index (χ1v) is 8.73. The highest BCUT2D eigenvalue weighted by molar-refractivity contribution is 7.09. The van der Waals surface area contributed by atoms with Crippen LogP contribution in [0.4, 0.5) is 4.39 Å². The predicted octanol–water partition coefficient (Wildman–Crippen LogP) is 3.17. The van der Waals surface area contributed by atoms with E-state index in [0.29, 0.717) is 16.9 Å². The summed E-state index contributed by atoms with van der Waals surface area (Å²) in [6.07, 6.45) is 1.98. The lowest BCUT2D eigenvalue weighted by molar-refractivity contribution is -0.117. The van der Waals surface area contributed by atoms with Gasteiger partial charge in [0.15, 0.2) is 4.80 Å². The van der Waals surface area contributed by atoms with Crippen molar-refractivity contribution in [2.45, 2.75) is 19.9 Å². The van der Waals surface area contributed by atoms with Crippen LogP contribution in [0.2, 0.25) is 0 Å². The molecule has 0 radical (unpaired) electrons. The first kappa shape index (κ1) is 15.8. The quantitative estimate of drug-likeness (QED) is 0.728. The maximum atomic E-state index is 13.8. The van der Waals surface area contributed by atoms with E-state index in [1.165, 1.54) is 28.7 Å². The normalized spacial score (nSPS) is 11.8. The molecule has 1 aromatic carbocycles. The fourth-order valence-corrected chi connectivity index (χ4v) is 3.47. The summed E-state index contributed by atoms with van der Waals surface area (Å²) in [6, 6.07) is 6.60. The molecule has 2 aromatic heterocycles. The van der Waals surface area contributed by atoms with E-state index in [-0.39, 0.29) is 18.1 Å². The largest absolute Gasteiger partial charge is 0.319 e. The summed E-state index contributed by atoms with van der Waals surface area (Å²) in [5.74, 6) is -0.513. The van der Waals surface area contributed by atoms with Crippen LogP contribution in [0.1, 0.15) is 16.3 Å². The van der Waals surface area contributed by atoms with Crippen molar-refractivity contribution >= 4 is 28.6 Å². The van der Waals surface area contributed by atoms with Crippen molar-refractivity contribution in [3.8, 4) is 0 Å². The van der Waals surface area contributed by atoms with Crippen molar-refractivity contribution in [1.82, 2.24) is 9.55 Å². The number of carbonyl (C=O) groups is 1. The lowest BCUT2D eigenvalue weighted by atomic mass is 10.2. The van der Waals surface area contributed by atoms with Gasteiger partial charge in [-0.25, -0.2) is 9.37 Å². The summed E-state index contributed by atoms with van der Waals surface area (Å²) >= 11 is 2.87. The third kappa shape index (κ3) is 4.00. The minimum Gasteiger partial charge on any atom is -0.319 e. The van der Waals surface area contributed by atoms with Crippen molar-refractivity contribution < 1.29 is 9.18 Å². The molecule has 7 heteroatoms. The predicted molar refractivity (Wildman–Crippen MR) is 88.9 cm³/mol. The maximum Gasteiger partial charge on any atom is 0.254 e. The highest BCUT2D eigenvalue weighted by Gasteiger charge is 2.07. The molecule has 2 heterocycles. The molecule has 3 aromatic rings. The Labute approximate surface area is 140 Å². The molecule has 0 unspecified atom stereocenters. The van der Waals surface area contributed by atoms with Gasteiger partial charge in [0.2, 0.25) is 0 Å². The van der Waals surface area contributed by atoms with Crippen molar-refractivity contribution in [3.05, 3.63) is 68.1 Å². The molecule has 4 nitrogen and oxygen atoms in total. The number of benzene rings is 1. The van der Waals surface area contributed by atoms with E-state index >= 15 is 0 Å². The lowest BCUT2D eigenvalue weighted by Crippen LogP contribution is -2.18. The van der Waals surface area contributed by atoms with Crippen LogP contribution in [0.5, 0.6) is 0 Å². The average molecular weight is 347 g/mol. The fraction of sp³-hybridized carbons (Fsp3) is 0.188. The second-order valence-electron chi connectivity index (χ2n) is 4.95. The monoisotopic (exact) mass is 347 g/mol. The molecule has 0 spiro atoms. The number of rotatable bonds is 4. The Morgan fingerprint density at radius 2 is 2.17 bits per heavy atom. The third-order valence-corrected chi connectivity index (χ3v) is 4.79. The van der Waals surface area contributed by atoms with Crippen molar-refractivity contribution in [1.29, 1.82) is 0 Å². The number of hydrogen-bond acceptors (Lipinski definition) is 4. The first-order chi connectivity index (χ1) is 11.1. The lowest BCUT2D eigenvalue weighted by Gasteiger charge is -2.04. The Bertz CT molecular complexity index is 894. The van der Waals surface area contributed by atoms with Crippen LogP contribution in [-0.4, -0.2) is 15.5 Å². The van der Waals surface area contributed by atoms with Gasteiger partial charge in [-0.1, -0.05) is 18.2 Å². The first-order valence-electron chi connectivity index (χ1n) is 6.98. The summed E-state index contributed by atoms with van der Waals surface area (Å²) in [6.45, 7) is 2.25. The second-order valence-corrected chi connectivity index (χ2v) is 6.88. The van der Waals surface area contributed by atoms with Crippen LogP contribution in [0.15, 0.2) is 46.2 Å². The molecule has 0 aliphatic heterocycles. The molecule has 0 aliphatic carbocycles. The van der Waals surface area contributed by atoms with Crippen LogP contribution in [0, 0.1) is 12.7 Å².